The summed E-state index contributed by atoms with van der Waals surface area (Å²) in [7, 11) is 1.71. The zero-order valence-corrected chi connectivity index (χ0v) is 13.0. The third kappa shape index (κ3) is 6.44. The fourth-order valence-corrected chi connectivity index (χ4v) is 2.30. The highest BCUT2D eigenvalue weighted by Gasteiger charge is 2.05. The van der Waals surface area contributed by atoms with E-state index in [2.05, 4.69) is 18.3 Å². The van der Waals surface area contributed by atoms with Gasteiger partial charge in [0.2, 0.25) is 0 Å². The highest BCUT2D eigenvalue weighted by atomic mass is 35.5. The Hall–Kier alpha value is -0.540. The lowest BCUT2D eigenvalue weighted by molar-refractivity contribution is 0.199. The van der Waals surface area contributed by atoms with Gasteiger partial charge in [-0.25, -0.2) is 0 Å². The number of nitrogens with one attached hydrogen (secondary N) is 1. The second-order valence-corrected chi connectivity index (χ2v) is 5.27. The Morgan fingerprint density at radius 1 is 1.26 bits per heavy atom. The number of hydrogen-bond donors (Lipinski definition) is 1. The van der Waals surface area contributed by atoms with E-state index in [9.17, 15) is 0 Å². The van der Waals surface area contributed by atoms with Crippen molar-refractivity contribution in [3.05, 3.63) is 45.5 Å². The number of hydrogen-bond acceptors (Lipinski definition) is 2. The maximum Gasteiger partial charge on any atom is 0.0587 e. The van der Waals surface area contributed by atoms with Crippen LogP contribution in [0.25, 0.3) is 0 Å². The third-order valence-corrected chi connectivity index (χ3v) is 3.52. The summed E-state index contributed by atoms with van der Waals surface area (Å²) in [4.78, 5) is 0. The van der Waals surface area contributed by atoms with Gasteiger partial charge in [-0.05, 0) is 44.0 Å². The van der Waals surface area contributed by atoms with Gasteiger partial charge in [-0.15, -0.1) is 0 Å². The topological polar surface area (TPSA) is 21.3 Å². The molecule has 0 spiro atoms. The smallest absolute Gasteiger partial charge is 0.0587 e. The van der Waals surface area contributed by atoms with Crippen molar-refractivity contribution in [2.24, 2.45) is 0 Å². The highest BCUT2D eigenvalue weighted by molar-refractivity contribution is 6.36. The number of methoxy groups -OCH3 is 1. The van der Waals surface area contributed by atoms with E-state index >= 15 is 0 Å². The SMILES string of the molecule is COCCNCCC=C(C)Cc1c(Cl)cccc1Cl. The molecule has 19 heavy (non-hydrogen) atoms. The molecule has 1 N–H and O–H groups in total. The molecule has 0 saturated carbocycles. The van der Waals surface area contributed by atoms with Gasteiger partial charge < -0.3 is 10.1 Å². The van der Waals surface area contributed by atoms with Crippen molar-refractivity contribution in [2.75, 3.05) is 26.8 Å². The van der Waals surface area contributed by atoms with Crippen molar-refractivity contribution < 1.29 is 4.74 Å². The van der Waals surface area contributed by atoms with Crippen LogP contribution in [0.5, 0.6) is 0 Å². The molecule has 1 aromatic rings. The van der Waals surface area contributed by atoms with Crippen LogP contribution in [0.4, 0.5) is 0 Å². The summed E-state index contributed by atoms with van der Waals surface area (Å²) in [6.07, 6.45) is 4.02. The van der Waals surface area contributed by atoms with Crippen molar-refractivity contribution in [2.45, 2.75) is 19.8 Å². The largest absolute Gasteiger partial charge is 0.383 e. The normalized spacial score (nSPS) is 11.9. The molecule has 0 bridgehead atoms. The van der Waals surface area contributed by atoms with Gasteiger partial charge in [-0.3, -0.25) is 0 Å². The zero-order valence-electron chi connectivity index (χ0n) is 11.5. The third-order valence-electron chi connectivity index (χ3n) is 2.81. The van der Waals surface area contributed by atoms with Crippen LogP contribution in [0, 0.1) is 0 Å². The van der Waals surface area contributed by atoms with Crippen LogP contribution in [0.1, 0.15) is 18.9 Å². The van der Waals surface area contributed by atoms with E-state index < -0.39 is 0 Å². The van der Waals surface area contributed by atoms with Crippen LogP contribution in [0.15, 0.2) is 29.8 Å². The van der Waals surface area contributed by atoms with Crippen LogP contribution < -0.4 is 5.32 Å². The lowest BCUT2D eigenvalue weighted by Crippen LogP contribution is -2.19. The minimum absolute atomic E-state index is 0.735. The first-order valence-corrected chi connectivity index (χ1v) is 7.19. The number of benzene rings is 1. The van der Waals surface area contributed by atoms with Crippen LogP contribution >= 0.6 is 23.2 Å². The first-order valence-electron chi connectivity index (χ1n) is 6.43. The van der Waals surface area contributed by atoms with Crippen LogP contribution in [-0.4, -0.2) is 26.8 Å². The van der Waals surface area contributed by atoms with Gasteiger partial charge >= 0.3 is 0 Å². The summed E-state index contributed by atoms with van der Waals surface area (Å²) in [5.41, 5.74) is 2.29. The van der Waals surface area contributed by atoms with E-state index in [1.165, 1.54) is 5.57 Å². The predicted molar refractivity (Wildman–Crippen MR) is 83.3 cm³/mol. The maximum absolute atomic E-state index is 6.15. The second-order valence-electron chi connectivity index (χ2n) is 4.46. The average molecular weight is 302 g/mol. The molecule has 0 aliphatic rings. The summed E-state index contributed by atoms with van der Waals surface area (Å²) in [5.74, 6) is 0. The van der Waals surface area contributed by atoms with E-state index in [0.717, 1.165) is 48.1 Å². The second kappa shape index (κ2) is 9.38. The van der Waals surface area contributed by atoms with E-state index in [-0.39, 0.29) is 0 Å². The molecule has 4 heteroatoms. The minimum atomic E-state index is 0.735. The zero-order chi connectivity index (χ0) is 14.1. The Kier molecular flexibility index (Phi) is 8.15. The Balaban J connectivity index is 2.39. The Bertz CT molecular complexity index is 398. The molecule has 1 aromatic carbocycles. The van der Waals surface area contributed by atoms with Gasteiger partial charge in [0, 0.05) is 23.7 Å². The average Bonchev–Trinajstić information content (AvgIpc) is 2.38. The molecule has 0 aliphatic carbocycles. The number of allylic oxidation sites excluding steroid dienone is 1. The molecule has 0 heterocycles. The monoisotopic (exact) mass is 301 g/mol. The molecule has 0 aliphatic heterocycles. The van der Waals surface area contributed by atoms with Crippen LogP contribution in [0.3, 0.4) is 0 Å². The van der Waals surface area contributed by atoms with Gasteiger partial charge in [0.1, 0.15) is 0 Å². The fraction of sp³-hybridized carbons (Fsp3) is 0.467. The lowest BCUT2D eigenvalue weighted by Gasteiger charge is -2.07. The molecule has 0 aromatic heterocycles. The van der Waals surface area contributed by atoms with E-state index in [4.69, 9.17) is 27.9 Å². The molecule has 0 amide bonds. The molecule has 0 fully saturated rings. The maximum atomic E-state index is 6.15. The van der Waals surface area contributed by atoms with Crippen molar-refractivity contribution in [1.82, 2.24) is 5.32 Å². The van der Waals surface area contributed by atoms with Crippen molar-refractivity contribution in [3.63, 3.8) is 0 Å². The van der Waals surface area contributed by atoms with Crippen LogP contribution in [0.2, 0.25) is 10.0 Å². The first kappa shape index (κ1) is 16.5. The lowest BCUT2D eigenvalue weighted by atomic mass is 10.1. The summed E-state index contributed by atoms with van der Waals surface area (Å²) >= 11 is 12.3. The molecule has 1 rings (SSSR count). The fourth-order valence-electron chi connectivity index (χ4n) is 1.77. The number of halogens is 2. The van der Waals surface area contributed by atoms with E-state index in [1.807, 2.05) is 18.2 Å². The summed E-state index contributed by atoms with van der Waals surface area (Å²) in [6.45, 7) is 4.70. The van der Waals surface area contributed by atoms with Gasteiger partial charge in [0.15, 0.2) is 0 Å². The van der Waals surface area contributed by atoms with Crippen molar-refractivity contribution >= 4 is 23.2 Å². The van der Waals surface area contributed by atoms with Crippen molar-refractivity contribution in [1.29, 1.82) is 0 Å². The Morgan fingerprint density at radius 2 is 1.95 bits per heavy atom. The summed E-state index contributed by atoms with van der Waals surface area (Å²) in [6, 6.07) is 5.62. The molecule has 0 saturated heterocycles. The molecular formula is C15H21Cl2NO. The van der Waals surface area contributed by atoms with E-state index in [1.54, 1.807) is 7.11 Å². The Morgan fingerprint density at radius 3 is 2.58 bits per heavy atom. The molecule has 106 valence electrons. The van der Waals surface area contributed by atoms with Gasteiger partial charge in [-0.1, -0.05) is 40.9 Å². The molecule has 2 nitrogen and oxygen atoms in total. The summed E-state index contributed by atoms with van der Waals surface area (Å²) in [5, 5.41) is 4.78. The van der Waals surface area contributed by atoms with E-state index in [0.29, 0.717) is 0 Å². The number of ether oxygens (including phenoxy) is 1. The standard InChI is InChI=1S/C15H21Cl2NO/c1-12(5-4-8-18-9-10-19-2)11-13-14(16)6-3-7-15(13)17/h3,5-7,18H,4,8-11H2,1-2H3. The molecular weight excluding hydrogens is 281 g/mol. The number of rotatable bonds is 8. The van der Waals surface area contributed by atoms with Gasteiger partial charge in [0.25, 0.3) is 0 Å². The minimum Gasteiger partial charge on any atom is -0.383 e. The van der Waals surface area contributed by atoms with Crippen LogP contribution in [-0.2, 0) is 11.2 Å². The first-order chi connectivity index (χ1) is 9.15. The Labute approximate surface area is 125 Å². The molecule has 0 unspecified atom stereocenters. The quantitative estimate of drug-likeness (QED) is 0.576. The highest BCUT2D eigenvalue weighted by Crippen LogP contribution is 2.26. The molecule has 0 radical (unpaired) electrons. The molecule has 0 atom stereocenters. The van der Waals surface area contributed by atoms with Gasteiger partial charge in [0.05, 0.1) is 6.61 Å². The predicted octanol–water partition coefficient (Wildman–Crippen LogP) is 4.11. The van der Waals surface area contributed by atoms with Gasteiger partial charge in [-0.2, -0.15) is 0 Å². The van der Waals surface area contributed by atoms with Crippen molar-refractivity contribution in [3.8, 4) is 0 Å². The summed E-state index contributed by atoms with van der Waals surface area (Å²) < 4.78 is 4.97.